The van der Waals surface area contributed by atoms with E-state index in [2.05, 4.69) is 5.32 Å². The number of nitriles is 1. The molecule has 0 unspecified atom stereocenters. The number of rotatable bonds is 8. The summed E-state index contributed by atoms with van der Waals surface area (Å²) in [6, 6.07) is 19.1. The highest BCUT2D eigenvalue weighted by atomic mass is 16.5. The van der Waals surface area contributed by atoms with Crippen molar-refractivity contribution in [3.63, 3.8) is 0 Å². The lowest BCUT2D eigenvalue weighted by atomic mass is 10.1. The van der Waals surface area contributed by atoms with Crippen LogP contribution in [0.1, 0.15) is 32.6 Å². The molecule has 0 aliphatic heterocycles. The molecule has 1 amide bonds. The molecule has 0 atom stereocenters. The summed E-state index contributed by atoms with van der Waals surface area (Å²) >= 11 is 0. The van der Waals surface area contributed by atoms with E-state index in [0.717, 1.165) is 16.7 Å². The maximum Gasteiger partial charge on any atom is 0.335 e. The van der Waals surface area contributed by atoms with Crippen LogP contribution in [0.5, 0.6) is 11.5 Å². The predicted octanol–water partition coefficient (Wildman–Crippen LogP) is 5.13. The third-order valence-electron chi connectivity index (χ3n) is 4.94. The van der Waals surface area contributed by atoms with Gasteiger partial charge in [-0.25, -0.2) is 4.79 Å². The molecular weight excluding hydrogens is 432 g/mol. The quantitative estimate of drug-likeness (QED) is 0.359. The molecule has 0 radical (unpaired) electrons. The van der Waals surface area contributed by atoms with Crippen molar-refractivity contribution in [2.24, 2.45) is 0 Å². The number of anilines is 1. The maximum atomic E-state index is 12.6. The highest BCUT2D eigenvalue weighted by molar-refractivity contribution is 6.09. The Hall–Kier alpha value is -4.57. The SMILES string of the molecule is COc1cc(C=C(C#N)C(=O)Nc2cc(C)cc(C)c2)ccc1OCc1ccc(C(=O)O)cc1. The zero-order valence-corrected chi connectivity index (χ0v) is 19.1. The number of carboxylic acid groups (broad SMARTS) is 1. The van der Waals surface area contributed by atoms with Crippen molar-refractivity contribution in [1.29, 1.82) is 5.26 Å². The molecule has 2 N–H and O–H groups in total. The highest BCUT2D eigenvalue weighted by Crippen LogP contribution is 2.30. The van der Waals surface area contributed by atoms with Crippen LogP contribution in [0.2, 0.25) is 0 Å². The Labute approximate surface area is 197 Å². The van der Waals surface area contributed by atoms with Gasteiger partial charge in [-0.05, 0) is 78.6 Å². The van der Waals surface area contributed by atoms with Crippen molar-refractivity contribution in [1.82, 2.24) is 0 Å². The fraction of sp³-hybridized carbons (Fsp3) is 0.148. The van der Waals surface area contributed by atoms with Crippen molar-refractivity contribution >= 4 is 23.6 Å². The molecule has 0 spiro atoms. The summed E-state index contributed by atoms with van der Waals surface area (Å²) < 4.78 is 11.2. The molecule has 0 aliphatic carbocycles. The van der Waals surface area contributed by atoms with Gasteiger partial charge in [-0.3, -0.25) is 4.79 Å². The summed E-state index contributed by atoms with van der Waals surface area (Å²) in [7, 11) is 1.50. The fourth-order valence-electron chi connectivity index (χ4n) is 3.36. The average molecular weight is 456 g/mol. The molecule has 3 aromatic carbocycles. The highest BCUT2D eigenvalue weighted by Gasteiger charge is 2.12. The molecule has 0 aromatic heterocycles. The first kappa shape index (κ1) is 24.1. The maximum absolute atomic E-state index is 12.6. The summed E-state index contributed by atoms with van der Waals surface area (Å²) in [5.74, 6) is -0.586. The zero-order valence-electron chi connectivity index (χ0n) is 19.1. The van der Waals surface area contributed by atoms with Crippen molar-refractivity contribution in [3.05, 3.63) is 94.1 Å². The van der Waals surface area contributed by atoms with Crippen LogP contribution >= 0.6 is 0 Å². The minimum Gasteiger partial charge on any atom is -0.493 e. The molecule has 0 aliphatic rings. The average Bonchev–Trinajstić information content (AvgIpc) is 2.80. The lowest BCUT2D eigenvalue weighted by Crippen LogP contribution is -2.13. The first-order valence-electron chi connectivity index (χ1n) is 10.4. The lowest BCUT2D eigenvalue weighted by molar-refractivity contribution is -0.112. The molecule has 7 nitrogen and oxygen atoms in total. The molecule has 0 saturated carbocycles. The van der Waals surface area contributed by atoms with Gasteiger partial charge in [0.25, 0.3) is 5.91 Å². The fourth-order valence-corrected chi connectivity index (χ4v) is 3.36. The molecule has 7 heteroatoms. The third kappa shape index (κ3) is 6.24. The standard InChI is InChI=1S/C27H24N2O5/c1-17-10-18(2)12-23(11-17)29-26(30)22(15-28)13-20-6-9-24(25(14-20)33-3)34-16-19-4-7-21(8-5-19)27(31)32/h4-14H,16H2,1-3H3,(H,29,30)(H,31,32). The number of hydrogen-bond acceptors (Lipinski definition) is 5. The Balaban J connectivity index is 1.74. The number of methoxy groups -OCH3 is 1. The molecule has 3 aromatic rings. The van der Waals surface area contributed by atoms with E-state index in [1.54, 1.807) is 30.3 Å². The molecule has 0 bridgehead atoms. The van der Waals surface area contributed by atoms with Gasteiger partial charge in [-0.1, -0.05) is 24.3 Å². The third-order valence-corrected chi connectivity index (χ3v) is 4.94. The summed E-state index contributed by atoms with van der Waals surface area (Å²) in [6.45, 7) is 4.09. The van der Waals surface area contributed by atoms with Gasteiger partial charge in [-0.15, -0.1) is 0 Å². The number of aromatic carboxylic acids is 1. The summed E-state index contributed by atoms with van der Waals surface area (Å²) in [6.07, 6.45) is 1.48. The van der Waals surface area contributed by atoms with Gasteiger partial charge < -0.3 is 19.9 Å². The number of carbonyl (C=O) groups is 2. The topological polar surface area (TPSA) is 109 Å². The van der Waals surface area contributed by atoms with Crippen molar-refractivity contribution in [2.75, 3.05) is 12.4 Å². The minimum absolute atomic E-state index is 0.0478. The number of hydrogen-bond donors (Lipinski definition) is 2. The smallest absolute Gasteiger partial charge is 0.335 e. The summed E-state index contributed by atoms with van der Waals surface area (Å²) in [4.78, 5) is 23.6. The van der Waals surface area contributed by atoms with Gasteiger partial charge in [0.05, 0.1) is 12.7 Å². The second kappa shape index (κ2) is 10.8. The van der Waals surface area contributed by atoms with Gasteiger partial charge in [0.1, 0.15) is 18.2 Å². The number of carbonyl (C=O) groups excluding carboxylic acids is 1. The summed E-state index contributed by atoms with van der Waals surface area (Å²) in [5, 5.41) is 21.3. The summed E-state index contributed by atoms with van der Waals surface area (Å²) in [5.41, 5.74) is 4.20. The molecule has 172 valence electrons. The Morgan fingerprint density at radius 2 is 1.68 bits per heavy atom. The molecule has 3 rings (SSSR count). The predicted molar refractivity (Wildman–Crippen MR) is 129 cm³/mol. The van der Waals surface area contributed by atoms with E-state index in [1.807, 2.05) is 38.1 Å². The van der Waals surface area contributed by atoms with Crippen molar-refractivity contribution in [3.8, 4) is 17.6 Å². The van der Waals surface area contributed by atoms with Crippen molar-refractivity contribution in [2.45, 2.75) is 20.5 Å². The van der Waals surface area contributed by atoms with E-state index < -0.39 is 11.9 Å². The van der Waals surface area contributed by atoms with E-state index in [-0.39, 0.29) is 17.7 Å². The largest absolute Gasteiger partial charge is 0.493 e. The Bertz CT molecular complexity index is 1270. The monoisotopic (exact) mass is 456 g/mol. The Morgan fingerprint density at radius 3 is 2.26 bits per heavy atom. The van der Waals surface area contributed by atoms with Gasteiger partial charge in [0, 0.05) is 5.69 Å². The van der Waals surface area contributed by atoms with Crippen LogP contribution in [-0.2, 0) is 11.4 Å². The van der Waals surface area contributed by atoms with E-state index >= 15 is 0 Å². The molecule has 34 heavy (non-hydrogen) atoms. The van der Waals surface area contributed by atoms with Gasteiger partial charge in [0.2, 0.25) is 0 Å². The van der Waals surface area contributed by atoms with Crippen LogP contribution in [0.15, 0.2) is 66.2 Å². The number of nitrogens with one attached hydrogen (secondary N) is 1. The van der Waals surface area contributed by atoms with Gasteiger partial charge in [0.15, 0.2) is 11.5 Å². The van der Waals surface area contributed by atoms with Crippen LogP contribution in [0.4, 0.5) is 5.69 Å². The van der Waals surface area contributed by atoms with E-state index in [0.29, 0.717) is 22.7 Å². The second-order valence-electron chi connectivity index (χ2n) is 7.70. The number of benzene rings is 3. The molecule has 0 saturated heterocycles. The van der Waals surface area contributed by atoms with E-state index in [4.69, 9.17) is 14.6 Å². The number of carboxylic acids is 1. The Kier molecular flexibility index (Phi) is 7.67. The first-order chi connectivity index (χ1) is 16.3. The molecule has 0 fully saturated rings. The number of ether oxygens (including phenoxy) is 2. The normalized spacial score (nSPS) is 10.8. The number of aryl methyl sites for hydroxylation is 2. The van der Waals surface area contributed by atoms with Crippen LogP contribution in [0.3, 0.4) is 0 Å². The Morgan fingerprint density at radius 1 is 1.00 bits per heavy atom. The van der Waals surface area contributed by atoms with Crippen LogP contribution in [-0.4, -0.2) is 24.1 Å². The molecular formula is C27H24N2O5. The van der Waals surface area contributed by atoms with Gasteiger partial charge >= 0.3 is 5.97 Å². The minimum atomic E-state index is -0.989. The first-order valence-corrected chi connectivity index (χ1v) is 10.4. The molecule has 0 heterocycles. The van der Waals surface area contributed by atoms with Crippen LogP contribution in [0.25, 0.3) is 6.08 Å². The van der Waals surface area contributed by atoms with E-state index in [9.17, 15) is 14.9 Å². The zero-order chi connectivity index (χ0) is 24.7. The van der Waals surface area contributed by atoms with Crippen LogP contribution in [0, 0.1) is 25.2 Å². The number of amides is 1. The van der Waals surface area contributed by atoms with Crippen molar-refractivity contribution < 1.29 is 24.2 Å². The lowest BCUT2D eigenvalue weighted by Gasteiger charge is -2.12. The number of nitrogens with zero attached hydrogens (tertiary/aromatic N) is 1. The second-order valence-corrected chi connectivity index (χ2v) is 7.70. The van der Waals surface area contributed by atoms with Gasteiger partial charge in [-0.2, -0.15) is 5.26 Å². The van der Waals surface area contributed by atoms with Crippen LogP contribution < -0.4 is 14.8 Å². The van der Waals surface area contributed by atoms with E-state index in [1.165, 1.54) is 25.3 Å².